The number of anilines is 1. The maximum absolute atomic E-state index is 12.9. The number of rotatable bonds is 17. The Morgan fingerprint density at radius 2 is 1.36 bits per heavy atom. The molecule has 0 spiro atoms. The monoisotopic (exact) mass is 495 g/mol. The summed E-state index contributed by atoms with van der Waals surface area (Å²) in [5.74, 6) is 0.643. The van der Waals surface area contributed by atoms with Gasteiger partial charge in [-0.15, -0.1) is 0 Å². The zero-order valence-electron chi connectivity index (χ0n) is 23.2. The Hall–Kier alpha value is -2.37. The molecule has 1 atom stereocenters. The molecule has 0 saturated carbocycles. The lowest BCUT2D eigenvalue weighted by Crippen LogP contribution is -2.37. The van der Waals surface area contributed by atoms with Crippen molar-refractivity contribution in [2.45, 2.75) is 104 Å². The molecule has 1 unspecified atom stereocenters. The molecule has 3 N–H and O–H groups in total. The Bertz CT molecular complexity index is 841. The maximum Gasteiger partial charge on any atom is 0.319 e. The minimum atomic E-state index is -0.198. The van der Waals surface area contributed by atoms with E-state index in [0.717, 1.165) is 28.8 Å². The van der Waals surface area contributed by atoms with Gasteiger partial charge in [0.25, 0.3) is 0 Å². The maximum atomic E-state index is 12.9. The molecule has 0 aliphatic heterocycles. The Labute approximate surface area is 219 Å². The van der Waals surface area contributed by atoms with E-state index >= 15 is 0 Å². The minimum Gasteiger partial charge on any atom is -0.336 e. The first-order valence-corrected chi connectivity index (χ1v) is 14.0. The highest BCUT2D eigenvalue weighted by Gasteiger charge is 2.17. The predicted molar refractivity (Wildman–Crippen MR) is 153 cm³/mol. The van der Waals surface area contributed by atoms with E-state index in [-0.39, 0.29) is 12.1 Å². The Morgan fingerprint density at radius 1 is 0.778 bits per heavy atom. The number of carbonyl (C=O) groups excluding carboxylic acids is 1. The molecule has 0 aliphatic rings. The third kappa shape index (κ3) is 10.7. The summed E-state index contributed by atoms with van der Waals surface area (Å²) in [6, 6.07) is 16.1. The van der Waals surface area contributed by atoms with Gasteiger partial charge in [0.1, 0.15) is 0 Å². The summed E-state index contributed by atoms with van der Waals surface area (Å²) in [6.07, 6.45) is 10.2. The second kappa shape index (κ2) is 17.1. The van der Waals surface area contributed by atoms with Crippen molar-refractivity contribution < 1.29 is 9.63 Å². The molecule has 2 rings (SSSR count). The molecule has 2 amide bonds. The predicted octanol–water partition coefficient (Wildman–Crippen LogP) is 8.46. The topological polar surface area (TPSA) is 62.4 Å². The smallest absolute Gasteiger partial charge is 0.319 e. The molecule has 0 heterocycles. The fourth-order valence-corrected chi connectivity index (χ4v) is 4.43. The van der Waals surface area contributed by atoms with Gasteiger partial charge in [0, 0.05) is 12.2 Å². The highest BCUT2D eigenvalue weighted by atomic mass is 16.6. The highest BCUT2D eigenvalue weighted by Crippen LogP contribution is 2.32. The molecule has 2 aromatic carbocycles. The third-order valence-electron chi connectivity index (χ3n) is 6.61. The number of hydrogen-bond donors (Lipinski definition) is 3. The summed E-state index contributed by atoms with van der Waals surface area (Å²) in [6.45, 7) is 12.0. The number of urea groups is 1. The summed E-state index contributed by atoms with van der Waals surface area (Å²) < 4.78 is 0. The lowest BCUT2D eigenvalue weighted by atomic mass is 9.93. The van der Waals surface area contributed by atoms with Crippen molar-refractivity contribution in [1.29, 1.82) is 0 Å². The average Bonchev–Trinajstić information content (AvgIpc) is 2.87. The molecular formula is C31H49N3O2. The molecule has 5 heteroatoms. The van der Waals surface area contributed by atoms with Crippen LogP contribution in [0.15, 0.2) is 48.5 Å². The van der Waals surface area contributed by atoms with Gasteiger partial charge in [-0.2, -0.15) is 5.48 Å². The second-order valence-corrected chi connectivity index (χ2v) is 10.4. The van der Waals surface area contributed by atoms with Crippen molar-refractivity contribution in [3.8, 4) is 0 Å². The summed E-state index contributed by atoms with van der Waals surface area (Å²) in [5.41, 5.74) is 7.51. The van der Waals surface area contributed by atoms with E-state index in [4.69, 9.17) is 4.84 Å². The van der Waals surface area contributed by atoms with E-state index < -0.39 is 0 Å². The van der Waals surface area contributed by atoms with Gasteiger partial charge < -0.3 is 15.5 Å². The van der Waals surface area contributed by atoms with Gasteiger partial charge in [-0.1, -0.05) is 128 Å². The normalized spacial score (nSPS) is 12.2. The summed E-state index contributed by atoms with van der Waals surface area (Å²) in [5, 5.41) is 6.19. The molecule has 0 bridgehead atoms. The first kappa shape index (κ1) is 29.9. The van der Waals surface area contributed by atoms with Crippen LogP contribution >= 0.6 is 0 Å². The highest BCUT2D eigenvalue weighted by molar-refractivity contribution is 5.91. The van der Waals surface area contributed by atoms with Gasteiger partial charge in [-0.25, -0.2) is 4.79 Å². The largest absolute Gasteiger partial charge is 0.336 e. The van der Waals surface area contributed by atoms with Crippen LogP contribution in [0, 0.1) is 0 Å². The number of para-hydroxylation sites is 1. The van der Waals surface area contributed by atoms with Gasteiger partial charge in [0.05, 0.1) is 12.6 Å². The van der Waals surface area contributed by atoms with Gasteiger partial charge in [0.2, 0.25) is 0 Å². The first-order chi connectivity index (χ1) is 17.4. The van der Waals surface area contributed by atoms with Crippen molar-refractivity contribution in [2.24, 2.45) is 0 Å². The van der Waals surface area contributed by atoms with Crippen LogP contribution in [0.3, 0.4) is 0 Å². The molecule has 0 aliphatic carbocycles. The molecule has 5 nitrogen and oxygen atoms in total. The number of hydrogen-bond acceptors (Lipinski definition) is 3. The number of nitrogens with one attached hydrogen (secondary N) is 3. The van der Waals surface area contributed by atoms with Crippen LogP contribution in [0.2, 0.25) is 0 Å². The Morgan fingerprint density at radius 3 is 1.94 bits per heavy atom. The number of amides is 2. The summed E-state index contributed by atoms with van der Waals surface area (Å²) >= 11 is 0. The van der Waals surface area contributed by atoms with E-state index in [1.54, 1.807) is 0 Å². The van der Waals surface area contributed by atoms with Crippen molar-refractivity contribution >= 4 is 11.7 Å². The fourth-order valence-electron chi connectivity index (χ4n) is 4.43. The van der Waals surface area contributed by atoms with Gasteiger partial charge >= 0.3 is 6.03 Å². The minimum absolute atomic E-state index is 0.129. The van der Waals surface area contributed by atoms with Gasteiger partial charge in [-0.05, 0) is 34.9 Å². The van der Waals surface area contributed by atoms with E-state index in [9.17, 15) is 4.79 Å². The molecule has 36 heavy (non-hydrogen) atoms. The Balaban J connectivity index is 1.87. The Kier molecular flexibility index (Phi) is 14.2. The van der Waals surface area contributed by atoms with Crippen LogP contribution < -0.4 is 16.1 Å². The number of benzene rings is 2. The molecule has 0 radical (unpaired) electrons. The van der Waals surface area contributed by atoms with E-state index in [1.165, 1.54) is 44.9 Å². The third-order valence-corrected chi connectivity index (χ3v) is 6.61. The van der Waals surface area contributed by atoms with Crippen LogP contribution in [0.5, 0.6) is 0 Å². The van der Waals surface area contributed by atoms with Crippen LogP contribution in [-0.4, -0.2) is 19.2 Å². The zero-order chi connectivity index (χ0) is 26.2. The quantitative estimate of drug-likeness (QED) is 0.152. The molecule has 0 fully saturated rings. The zero-order valence-corrected chi connectivity index (χ0v) is 23.2. The molecule has 0 saturated heterocycles. The van der Waals surface area contributed by atoms with Crippen LogP contribution in [-0.2, 0) is 4.84 Å². The molecule has 0 aromatic heterocycles. The second-order valence-electron chi connectivity index (χ2n) is 10.4. The van der Waals surface area contributed by atoms with Crippen LogP contribution in [0.25, 0.3) is 0 Å². The number of unbranched alkanes of at least 4 members (excludes halogenated alkanes) is 7. The summed E-state index contributed by atoms with van der Waals surface area (Å²) in [7, 11) is 0. The lowest BCUT2D eigenvalue weighted by Gasteiger charge is -2.22. The fraction of sp³-hybridized carbons (Fsp3) is 0.581. The first-order valence-electron chi connectivity index (χ1n) is 14.0. The van der Waals surface area contributed by atoms with Crippen molar-refractivity contribution in [3.63, 3.8) is 0 Å². The van der Waals surface area contributed by atoms with Crippen molar-refractivity contribution in [2.75, 3.05) is 18.5 Å². The molecule has 200 valence electrons. The van der Waals surface area contributed by atoms with E-state index in [0.29, 0.717) is 25.0 Å². The van der Waals surface area contributed by atoms with E-state index in [1.807, 2.05) is 18.2 Å². The van der Waals surface area contributed by atoms with Crippen LogP contribution in [0.1, 0.15) is 121 Å². The standard InChI is InChI=1S/C31H49N3O2/c1-6-7-8-9-10-11-12-16-22-36-34-29(26-18-14-13-15-19-26)23-32-31(35)33-30-27(24(2)3)20-17-21-28(30)25(4)5/h13-15,17-21,24-25,29,34H,6-12,16,22-23H2,1-5H3,(H2,32,33,35). The summed E-state index contributed by atoms with van der Waals surface area (Å²) in [4.78, 5) is 18.8. The number of hydroxylamine groups is 1. The van der Waals surface area contributed by atoms with Crippen molar-refractivity contribution in [1.82, 2.24) is 10.8 Å². The van der Waals surface area contributed by atoms with Crippen LogP contribution in [0.4, 0.5) is 10.5 Å². The van der Waals surface area contributed by atoms with E-state index in [2.05, 4.69) is 81.1 Å². The van der Waals surface area contributed by atoms with Crippen molar-refractivity contribution in [3.05, 3.63) is 65.2 Å². The SMILES string of the molecule is CCCCCCCCCCONC(CNC(=O)Nc1c(C(C)C)cccc1C(C)C)c1ccccc1. The lowest BCUT2D eigenvalue weighted by molar-refractivity contribution is 0.0139. The molecular weight excluding hydrogens is 446 g/mol. The average molecular weight is 496 g/mol. The van der Waals surface area contributed by atoms with Gasteiger partial charge in [0.15, 0.2) is 0 Å². The number of carbonyl (C=O) groups is 1. The molecule has 2 aromatic rings. The van der Waals surface area contributed by atoms with Gasteiger partial charge in [-0.3, -0.25) is 0 Å².